The highest BCUT2D eigenvalue weighted by molar-refractivity contribution is 9.10. The Hall–Kier alpha value is -1.82. The number of halogens is 3. The molecule has 1 aromatic heterocycles. The summed E-state index contributed by atoms with van der Waals surface area (Å²) in [6, 6.07) is 10.4. The number of hydrogen-bond acceptors (Lipinski definition) is 2. The van der Waals surface area contributed by atoms with Gasteiger partial charge in [0.05, 0.1) is 10.7 Å². The Morgan fingerprint density at radius 2 is 2.00 bits per heavy atom. The maximum atomic E-state index is 12.3. The lowest BCUT2D eigenvalue weighted by Crippen LogP contribution is -2.18. The molecule has 0 spiro atoms. The largest absolute Gasteiger partial charge is 0.337 e. The minimum absolute atomic E-state index is 0.0604. The standard InChI is InChI=1S/C17H11BrCl2N2O2/c18-11-1-4-16-13(5-11)10(9-23)7-22(16)8-17(24)21-15-3-2-12(19)6-14(15)20/h1-7,9H,8H2,(H,21,24). The molecular formula is C17H11BrCl2N2O2. The molecule has 0 aliphatic rings. The molecule has 0 aliphatic carbocycles. The minimum Gasteiger partial charge on any atom is -0.337 e. The third kappa shape index (κ3) is 3.48. The van der Waals surface area contributed by atoms with Gasteiger partial charge < -0.3 is 9.88 Å². The fraction of sp³-hybridized carbons (Fsp3) is 0.0588. The van der Waals surface area contributed by atoms with Crippen molar-refractivity contribution < 1.29 is 9.59 Å². The number of fused-ring (bicyclic) bond motifs is 1. The van der Waals surface area contributed by atoms with Gasteiger partial charge in [0.25, 0.3) is 0 Å². The maximum Gasteiger partial charge on any atom is 0.244 e. The molecule has 2 aromatic carbocycles. The van der Waals surface area contributed by atoms with Gasteiger partial charge in [-0.05, 0) is 36.4 Å². The Morgan fingerprint density at radius 3 is 2.71 bits per heavy atom. The molecule has 7 heteroatoms. The van der Waals surface area contributed by atoms with Crippen molar-refractivity contribution in [3.8, 4) is 0 Å². The number of rotatable bonds is 4. The second-order valence-corrected chi connectivity index (χ2v) is 6.92. The fourth-order valence-corrected chi connectivity index (χ4v) is 3.27. The van der Waals surface area contributed by atoms with Gasteiger partial charge in [-0.2, -0.15) is 0 Å². The van der Waals surface area contributed by atoms with E-state index >= 15 is 0 Å². The van der Waals surface area contributed by atoms with Crippen LogP contribution in [0, 0.1) is 0 Å². The van der Waals surface area contributed by atoms with E-state index in [4.69, 9.17) is 23.2 Å². The van der Waals surface area contributed by atoms with Gasteiger partial charge in [0.15, 0.2) is 6.29 Å². The predicted molar refractivity (Wildman–Crippen MR) is 100 cm³/mol. The Balaban J connectivity index is 1.86. The van der Waals surface area contributed by atoms with Crippen LogP contribution in [0.15, 0.2) is 47.1 Å². The molecule has 24 heavy (non-hydrogen) atoms. The summed E-state index contributed by atoms with van der Waals surface area (Å²) in [5.74, 6) is -0.253. The van der Waals surface area contributed by atoms with Crippen LogP contribution in [0.3, 0.4) is 0 Å². The number of carbonyl (C=O) groups excluding carboxylic acids is 2. The van der Waals surface area contributed by atoms with E-state index in [9.17, 15) is 9.59 Å². The summed E-state index contributed by atoms with van der Waals surface area (Å²) in [5, 5.41) is 4.39. The van der Waals surface area contributed by atoms with Gasteiger partial charge in [-0.3, -0.25) is 9.59 Å². The van der Waals surface area contributed by atoms with Crippen LogP contribution in [0.25, 0.3) is 10.9 Å². The Kier molecular flexibility index (Phi) is 4.94. The summed E-state index contributed by atoms with van der Waals surface area (Å²) in [7, 11) is 0. The normalized spacial score (nSPS) is 10.8. The van der Waals surface area contributed by atoms with Gasteiger partial charge in [-0.25, -0.2) is 0 Å². The van der Waals surface area contributed by atoms with E-state index in [0.717, 1.165) is 21.7 Å². The molecule has 1 heterocycles. The van der Waals surface area contributed by atoms with Crippen LogP contribution in [0.5, 0.6) is 0 Å². The zero-order valence-electron chi connectivity index (χ0n) is 12.2. The van der Waals surface area contributed by atoms with E-state index < -0.39 is 0 Å². The lowest BCUT2D eigenvalue weighted by molar-refractivity contribution is -0.116. The first-order valence-corrected chi connectivity index (χ1v) is 8.51. The summed E-state index contributed by atoms with van der Waals surface area (Å²) in [4.78, 5) is 23.5. The molecule has 0 saturated heterocycles. The molecule has 0 aliphatic heterocycles. The summed E-state index contributed by atoms with van der Waals surface area (Å²) < 4.78 is 2.60. The molecule has 0 radical (unpaired) electrons. The van der Waals surface area contributed by atoms with E-state index in [1.54, 1.807) is 29.0 Å². The molecule has 0 bridgehead atoms. The van der Waals surface area contributed by atoms with Gasteiger partial charge >= 0.3 is 0 Å². The first kappa shape index (κ1) is 17.0. The number of amides is 1. The van der Waals surface area contributed by atoms with Crippen LogP contribution >= 0.6 is 39.1 Å². The van der Waals surface area contributed by atoms with Crippen molar-refractivity contribution in [2.24, 2.45) is 0 Å². The molecule has 0 atom stereocenters. The maximum absolute atomic E-state index is 12.3. The number of aldehydes is 1. The monoisotopic (exact) mass is 424 g/mol. The highest BCUT2D eigenvalue weighted by atomic mass is 79.9. The van der Waals surface area contributed by atoms with Gasteiger partial charge in [0, 0.05) is 32.2 Å². The lowest BCUT2D eigenvalue weighted by atomic mass is 10.2. The number of hydrogen-bond donors (Lipinski definition) is 1. The molecule has 4 nitrogen and oxygen atoms in total. The highest BCUT2D eigenvalue weighted by Crippen LogP contribution is 2.26. The molecule has 122 valence electrons. The quantitative estimate of drug-likeness (QED) is 0.586. The minimum atomic E-state index is -0.253. The average molecular weight is 426 g/mol. The summed E-state index contributed by atoms with van der Waals surface area (Å²) in [6.07, 6.45) is 2.44. The van der Waals surface area contributed by atoms with Crippen LogP contribution < -0.4 is 5.32 Å². The third-order valence-electron chi connectivity index (χ3n) is 3.52. The van der Waals surface area contributed by atoms with Crippen LogP contribution in [0.4, 0.5) is 5.69 Å². The van der Waals surface area contributed by atoms with E-state index in [2.05, 4.69) is 21.2 Å². The smallest absolute Gasteiger partial charge is 0.244 e. The van der Waals surface area contributed by atoms with Gasteiger partial charge in [0.2, 0.25) is 5.91 Å². The third-order valence-corrected chi connectivity index (χ3v) is 4.56. The molecule has 1 N–H and O–H groups in total. The summed E-state index contributed by atoms with van der Waals surface area (Å²) in [6.45, 7) is 0.0604. The second-order valence-electron chi connectivity index (χ2n) is 5.16. The number of aromatic nitrogens is 1. The molecule has 3 rings (SSSR count). The van der Waals surface area contributed by atoms with Crippen molar-refractivity contribution in [3.63, 3.8) is 0 Å². The zero-order chi connectivity index (χ0) is 17.3. The fourth-order valence-electron chi connectivity index (χ4n) is 2.46. The molecule has 0 unspecified atom stereocenters. The van der Waals surface area contributed by atoms with Gasteiger partial charge in [0.1, 0.15) is 6.54 Å². The first-order chi connectivity index (χ1) is 11.5. The number of benzene rings is 2. The van der Waals surface area contributed by atoms with E-state index in [-0.39, 0.29) is 12.5 Å². The van der Waals surface area contributed by atoms with Crippen LogP contribution in [0.1, 0.15) is 10.4 Å². The van der Waals surface area contributed by atoms with E-state index in [1.807, 2.05) is 18.2 Å². The van der Waals surface area contributed by atoms with Crippen molar-refractivity contribution in [1.29, 1.82) is 0 Å². The second kappa shape index (κ2) is 6.97. The van der Waals surface area contributed by atoms with Crippen molar-refractivity contribution >= 4 is 67.9 Å². The summed E-state index contributed by atoms with van der Waals surface area (Å²) >= 11 is 15.3. The molecule has 3 aromatic rings. The molecule has 0 saturated carbocycles. The van der Waals surface area contributed by atoms with Gasteiger partial charge in [-0.15, -0.1) is 0 Å². The SMILES string of the molecule is O=Cc1cn(CC(=O)Nc2ccc(Cl)cc2Cl)c2ccc(Br)cc12. The topological polar surface area (TPSA) is 51.1 Å². The van der Waals surface area contributed by atoms with Crippen LogP contribution in [-0.2, 0) is 11.3 Å². The number of anilines is 1. The molecule has 1 amide bonds. The van der Waals surface area contributed by atoms with E-state index in [1.165, 1.54) is 0 Å². The van der Waals surface area contributed by atoms with E-state index in [0.29, 0.717) is 21.3 Å². The highest BCUT2D eigenvalue weighted by Gasteiger charge is 2.12. The van der Waals surface area contributed by atoms with Crippen molar-refractivity contribution in [1.82, 2.24) is 4.57 Å². The Bertz CT molecular complexity index is 953. The number of nitrogens with zero attached hydrogens (tertiary/aromatic N) is 1. The van der Waals surface area contributed by atoms with Gasteiger partial charge in [-0.1, -0.05) is 39.1 Å². The van der Waals surface area contributed by atoms with Crippen molar-refractivity contribution in [3.05, 3.63) is 62.7 Å². The Labute approximate surface area is 156 Å². The van der Waals surface area contributed by atoms with Crippen LogP contribution in [0.2, 0.25) is 10.0 Å². The zero-order valence-corrected chi connectivity index (χ0v) is 15.3. The summed E-state index contributed by atoms with van der Waals surface area (Å²) in [5.41, 5.74) is 1.82. The molecular weight excluding hydrogens is 415 g/mol. The average Bonchev–Trinajstić information content (AvgIpc) is 2.87. The van der Waals surface area contributed by atoms with Crippen molar-refractivity contribution in [2.75, 3.05) is 5.32 Å². The van der Waals surface area contributed by atoms with Crippen LogP contribution in [-0.4, -0.2) is 16.8 Å². The molecule has 0 fully saturated rings. The number of carbonyl (C=O) groups is 2. The Morgan fingerprint density at radius 1 is 1.21 bits per heavy atom. The number of nitrogens with one attached hydrogen (secondary N) is 1. The first-order valence-electron chi connectivity index (χ1n) is 6.96. The van der Waals surface area contributed by atoms with Crippen molar-refractivity contribution in [2.45, 2.75) is 6.54 Å². The lowest BCUT2D eigenvalue weighted by Gasteiger charge is -2.09. The predicted octanol–water partition coefficient (Wildman–Crippen LogP) is 5.16.